The van der Waals surface area contributed by atoms with E-state index in [1.165, 1.54) is 11.0 Å². The predicted molar refractivity (Wildman–Crippen MR) is 76.3 cm³/mol. The lowest BCUT2D eigenvalue weighted by Crippen LogP contribution is -2.52. The van der Waals surface area contributed by atoms with Gasteiger partial charge in [0.25, 0.3) is 0 Å². The lowest BCUT2D eigenvalue weighted by Gasteiger charge is -2.27. The summed E-state index contributed by atoms with van der Waals surface area (Å²) < 4.78 is 0. The number of carbonyl (C=O) groups is 3. The highest BCUT2D eigenvalue weighted by Gasteiger charge is 2.29. The van der Waals surface area contributed by atoms with E-state index in [9.17, 15) is 14.4 Å². The van der Waals surface area contributed by atoms with Crippen molar-refractivity contribution in [3.63, 3.8) is 0 Å². The molecular weight excluding hydrogens is 288 g/mol. The number of aromatic carboxylic acids is 1. The number of carboxylic acid groups (broad SMARTS) is 1. The van der Waals surface area contributed by atoms with E-state index in [1.54, 1.807) is 24.3 Å². The SMILES string of the molecule is O=C1NCCN(c2ccccc2-c2cc(C(=O)O)[nH]n2)C1=O. The Kier molecular flexibility index (Phi) is 3.34. The lowest BCUT2D eigenvalue weighted by atomic mass is 10.1. The number of aromatic amines is 1. The average Bonchev–Trinajstić information content (AvgIpc) is 3.00. The van der Waals surface area contributed by atoms with Crippen LogP contribution in [0.4, 0.5) is 5.69 Å². The van der Waals surface area contributed by atoms with Crippen LogP contribution in [-0.4, -0.2) is 46.2 Å². The Hall–Kier alpha value is -3.16. The number of rotatable bonds is 3. The molecule has 3 N–H and O–H groups in total. The Morgan fingerprint density at radius 2 is 2.05 bits per heavy atom. The number of piperazine rings is 1. The van der Waals surface area contributed by atoms with Crippen LogP contribution in [-0.2, 0) is 9.59 Å². The third-order valence-electron chi connectivity index (χ3n) is 3.34. The number of carbonyl (C=O) groups excluding carboxylic acids is 2. The number of hydrogen-bond acceptors (Lipinski definition) is 4. The summed E-state index contributed by atoms with van der Waals surface area (Å²) in [6.45, 7) is 0.706. The van der Waals surface area contributed by atoms with Gasteiger partial charge in [-0.1, -0.05) is 18.2 Å². The third kappa shape index (κ3) is 2.30. The number of aromatic nitrogens is 2. The molecule has 8 nitrogen and oxygen atoms in total. The number of carboxylic acids is 1. The van der Waals surface area contributed by atoms with E-state index in [-0.39, 0.29) is 5.69 Å². The van der Waals surface area contributed by atoms with E-state index >= 15 is 0 Å². The van der Waals surface area contributed by atoms with Crippen molar-refractivity contribution < 1.29 is 19.5 Å². The molecule has 22 heavy (non-hydrogen) atoms. The predicted octanol–water partition coefficient (Wildman–Crippen LogP) is 0.238. The van der Waals surface area contributed by atoms with Crippen molar-refractivity contribution in [2.24, 2.45) is 0 Å². The topological polar surface area (TPSA) is 115 Å². The average molecular weight is 300 g/mol. The molecule has 8 heteroatoms. The number of hydrogen-bond donors (Lipinski definition) is 3. The second-order valence-electron chi connectivity index (χ2n) is 4.70. The van der Waals surface area contributed by atoms with E-state index in [2.05, 4.69) is 15.5 Å². The van der Waals surface area contributed by atoms with Gasteiger partial charge in [0.05, 0.1) is 11.4 Å². The van der Waals surface area contributed by atoms with E-state index < -0.39 is 17.8 Å². The van der Waals surface area contributed by atoms with Crippen LogP contribution in [0.1, 0.15) is 10.5 Å². The van der Waals surface area contributed by atoms with Crippen molar-refractivity contribution in [2.75, 3.05) is 18.0 Å². The Balaban J connectivity index is 2.04. The number of H-pyrrole nitrogens is 1. The molecule has 1 aromatic carbocycles. The minimum Gasteiger partial charge on any atom is -0.477 e. The summed E-state index contributed by atoms with van der Waals surface area (Å²) in [7, 11) is 0. The van der Waals surface area contributed by atoms with Gasteiger partial charge in [-0.15, -0.1) is 0 Å². The molecule has 1 aliphatic heterocycles. The monoisotopic (exact) mass is 300 g/mol. The Labute approximate surface area is 124 Å². The maximum Gasteiger partial charge on any atom is 0.353 e. The van der Waals surface area contributed by atoms with Crippen LogP contribution in [0.2, 0.25) is 0 Å². The van der Waals surface area contributed by atoms with Gasteiger partial charge in [0.2, 0.25) is 0 Å². The zero-order chi connectivity index (χ0) is 15.7. The maximum atomic E-state index is 12.0. The summed E-state index contributed by atoms with van der Waals surface area (Å²) in [5, 5.41) is 17.8. The van der Waals surface area contributed by atoms with E-state index in [1.807, 2.05) is 0 Å². The maximum absolute atomic E-state index is 12.0. The summed E-state index contributed by atoms with van der Waals surface area (Å²) in [5.74, 6) is -2.42. The van der Waals surface area contributed by atoms with Gasteiger partial charge in [-0.3, -0.25) is 14.7 Å². The summed E-state index contributed by atoms with van der Waals surface area (Å²) >= 11 is 0. The van der Waals surface area contributed by atoms with E-state index in [0.717, 1.165) is 0 Å². The highest BCUT2D eigenvalue weighted by molar-refractivity contribution is 6.41. The molecule has 1 saturated heterocycles. The van der Waals surface area contributed by atoms with Gasteiger partial charge in [-0.25, -0.2) is 4.79 Å². The lowest BCUT2D eigenvalue weighted by molar-refractivity contribution is -0.138. The van der Waals surface area contributed by atoms with E-state index in [0.29, 0.717) is 30.0 Å². The molecule has 0 spiro atoms. The number of nitrogens with one attached hydrogen (secondary N) is 2. The standard InChI is InChI=1S/C14H12N4O4/c19-12-13(20)18(6-5-15-12)11-4-2-1-3-8(11)9-7-10(14(21)22)17-16-9/h1-4,7H,5-6H2,(H,15,19)(H,16,17)(H,21,22). The minimum absolute atomic E-state index is 0.0486. The van der Waals surface area contributed by atoms with E-state index in [4.69, 9.17) is 5.11 Å². The molecule has 1 fully saturated rings. The summed E-state index contributed by atoms with van der Waals surface area (Å²) in [5.41, 5.74) is 1.44. The van der Waals surface area contributed by atoms with Crippen molar-refractivity contribution in [1.29, 1.82) is 0 Å². The Morgan fingerprint density at radius 1 is 1.27 bits per heavy atom. The third-order valence-corrected chi connectivity index (χ3v) is 3.34. The fourth-order valence-corrected chi connectivity index (χ4v) is 2.31. The van der Waals surface area contributed by atoms with Gasteiger partial charge in [0, 0.05) is 18.7 Å². The molecule has 0 unspecified atom stereocenters. The number of amides is 2. The smallest absolute Gasteiger partial charge is 0.353 e. The fraction of sp³-hybridized carbons (Fsp3) is 0.143. The van der Waals surface area contributed by atoms with Gasteiger partial charge >= 0.3 is 17.8 Å². The normalized spacial score (nSPS) is 14.8. The van der Waals surface area contributed by atoms with Gasteiger partial charge < -0.3 is 15.3 Å². The summed E-state index contributed by atoms with van der Waals surface area (Å²) in [4.78, 5) is 35.8. The van der Waals surface area contributed by atoms with Crippen molar-refractivity contribution in [3.8, 4) is 11.3 Å². The molecule has 0 atom stereocenters. The zero-order valence-corrected chi connectivity index (χ0v) is 11.4. The molecule has 2 aromatic rings. The van der Waals surface area contributed by atoms with Gasteiger partial charge in [0.1, 0.15) is 5.69 Å². The quantitative estimate of drug-likeness (QED) is 0.702. The van der Waals surface area contributed by atoms with Crippen LogP contribution in [0, 0.1) is 0 Å². The highest BCUT2D eigenvalue weighted by Crippen LogP contribution is 2.30. The minimum atomic E-state index is -1.12. The van der Waals surface area contributed by atoms with Crippen molar-refractivity contribution >= 4 is 23.5 Å². The van der Waals surface area contributed by atoms with Crippen molar-refractivity contribution in [2.45, 2.75) is 0 Å². The number of benzene rings is 1. The number of anilines is 1. The largest absolute Gasteiger partial charge is 0.477 e. The molecule has 0 aliphatic carbocycles. The van der Waals surface area contributed by atoms with Crippen LogP contribution in [0.25, 0.3) is 11.3 Å². The van der Waals surface area contributed by atoms with Crippen LogP contribution < -0.4 is 10.2 Å². The molecule has 1 aliphatic rings. The molecule has 0 radical (unpaired) electrons. The van der Waals surface area contributed by atoms with Crippen LogP contribution in [0.3, 0.4) is 0 Å². The number of para-hydroxylation sites is 1. The molecule has 3 rings (SSSR count). The van der Waals surface area contributed by atoms with Gasteiger partial charge in [0.15, 0.2) is 0 Å². The second-order valence-corrected chi connectivity index (χ2v) is 4.70. The van der Waals surface area contributed by atoms with Crippen LogP contribution >= 0.6 is 0 Å². The zero-order valence-electron chi connectivity index (χ0n) is 11.4. The molecule has 0 bridgehead atoms. The molecule has 2 heterocycles. The number of nitrogens with zero attached hydrogens (tertiary/aromatic N) is 2. The van der Waals surface area contributed by atoms with Crippen molar-refractivity contribution in [3.05, 3.63) is 36.0 Å². The first-order valence-corrected chi connectivity index (χ1v) is 6.55. The first kappa shape index (κ1) is 13.8. The molecule has 112 valence electrons. The van der Waals surface area contributed by atoms with Crippen LogP contribution in [0.5, 0.6) is 0 Å². The Bertz CT molecular complexity index is 768. The second kappa shape index (κ2) is 5.32. The van der Waals surface area contributed by atoms with Gasteiger partial charge in [-0.2, -0.15) is 5.10 Å². The van der Waals surface area contributed by atoms with Gasteiger partial charge in [-0.05, 0) is 12.1 Å². The highest BCUT2D eigenvalue weighted by atomic mass is 16.4. The van der Waals surface area contributed by atoms with Crippen LogP contribution in [0.15, 0.2) is 30.3 Å². The molecule has 2 amide bonds. The fourth-order valence-electron chi connectivity index (χ4n) is 2.31. The summed E-state index contributed by atoms with van der Waals surface area (Å²) in [6.07, 6.45) is 0. The Morgan fingerprint density at radius 3 is 2.77 bits per heavy atom. The first-order chi connectivity index (χ1) is 10.6. The molecule has 0 saturated carbocycles. The molecular formula is C14H12N4O4. The van der Waals surface area contributed by atoms with Crippen molar-refractivity contribution in [1.82, 2.24) is 15.5 Å². The summed E-state index contributed by atoms with van der Waals surface area (Å²) in [6, 6.07) is 8.29. The first-order valence-electron chi connectivity index (χ1n) is 6.55. The molecule has 1 aromatic heterocycles.